The van der Waals surface area contributed by atoms with E-state index in [-0.39, 0.29) is 11.5 Å². The second-order valence-corrected chi connectivity index (χ2v) is 7.76. The Morgan fingerprint density at radius 2 is 1.08 bits per heavy atom. The minimum Gasteiger partial charge on any atom is -0.367 e. The van der Waals surface area contributed by atoms with Crippen LogP contribution in [0.2, 0.25) is 0 Å². The number of rotatable bonds is 7. The van der Waals surface area contributed by atoms with Crippen LogP contribution in [-0.4, -0.2) is 44.5 Å². The van der Waals surface area contributed by atoms with Crippen LogP contribution in [0.4, 0.5) is 0 Å². The van der Waals surface area contributed by atoms with Crippen molar-refractivity contribution in [2.75, 3.05) is 11.5 Å². The van der Waals surface area contributed by atoms with Crippen molar-refractivity contribution in [1.29, 1.82) is 0 Å². The maximum absolute atomic E-state index is 8.42. The van der Waals surface area contributed by atoms with Crippen molar-refractivity contribution in [1.82, 2.24) is 0 Å². The molecule has 0 spiro atoms. The van der Waals surface area contributed by atoms with E-state index in [0.29, 0.717) is 0 Å². The van der Waals surface area contributed by atoms with Gasteiger partial charge < -0.3 is 20.4 Å². The first kappa shape index (κ1) is 13.2. The summed E-state index contributed by atoms with van der Waals surface area (Å²) in [6, 6.07) is 0. The Morgan fingerprint density at radius 1 is 0.750 bits per heavy atom. The Kier molecular flexibility index (Phi) is 9.73. The van der Waals surface area contributed by atoms with Gasteiger partial charge in [-0.2, -0.15) is 0 Å². The highest BCUT2D eigenvalue weighted by Crippen LogP contribution is 2.42. The Bertz CT molecular complexity index is 89.1. The average Bonchev–Trinajstić information content (AvgIpc) is 1.95. The third-order valence-electron chi connectivity index (χ3n) is 0.558. The molecular formula is C4H10O4S4. The van der Waals surface area contributed by atoms with Crippen molar-refractivity contribution in [3.63, 3.8) is 0 Å². The summed E-state index contributed by atoms with van der Waals surface area (Å²) < 4.78 is 0. The molecule has 0 bridgehead atoms. The molecule has 0 aromatic carbocycles. The summed E-state index contributed by atoms with van der Waals surface area (Å²) in [6.45, 7) is 0. The molecule has 0 radical (unpaired) electrons. The van der Waals surface area contributed by atoms with E-state index in [1.807, 2.05) is 0 Å². The van der Waals surface area contributed by atoms with Crippen LogP contribution in [-0.2, 0) is 0 Å². The highest BCUT2D eigenvalue weighted by molar-refractivity contribution is 9.26. The van der Waals surface area contributed by atoms with Gasteiger partial charge in [0.25, 0.3) is 0 Å². The molecule has 0 rings (SSSR count). The van der Waals surface area contributed by atoms with Gasteiger partial charge in [-0.05, 0) is 19.7 Å². The molecule has 0 aliphatic carbocycles. The molecule has 0 fully saturated rings. The topological polar surface area (TPSA) is 80.9 Å². The first-order chi connectivity index (χ1) is 5.63. The first-order valence-corrected chi connectivity index (χ1v) is 8.08. The van der Waals surface area contributed by atoms with E-state index in [1.165, 1.54) is 41.2 Å². The summed E-state index contributed by atoms with van der Waals surface area (Å²) in [6.07, 6.45) is -2.56. The summed E-state index contributed by atoms with van der Waals surface area (Å²) >= 11 is 0. The largest absolute Gasteiger partial charge is 0.367 e. The summed E-state index contributed by atoms with van der Waals surface area (Å²) in [5.74, 6) is 0.500. The van der Waals surface area contributed by atoms with Crippen LogP contribution in [0.5, 0.6) is 0 Å². The lowest BCUT2D eigenvalue weighted by Crippen LogP contribution is -2.06. The first-order valence-electron chi connectivity index (χ1n) is 2.93. The van der Waals surface area contributed by atoms with Gasteiger partial charge in [0.05, 0.1) is 11.5 Å². The van der Waals surface area contributed by atoms with Crippen LogP contribution in [0.15, 0.2) is 0 Å². The van der Waals surface area contributed by atoms with Crippen molar-refractivity contribution in [2.45, 2.75) is 12.6 Å². The summed E-state index contributed by atoms with van der Waals surface area (Å²) in [7, 11) is 5.37. The fourth-order valence-electron chi connectivity index (χ4n) is 0.217. The van der Waals surface area contributed by atoms with Gasteiger partial charge in [0.1, 0.15) is 0 Å². The van der Waals surface area contributed by atoms with Gasteiger partial charge in [0, 0.05) is 0 Å². The lowest BCUT2D eigenvalue weighted by atomic mass is 10.8. The zero-order chi connectivity index (χ0) is 9.40. The van der Waals surface area contributed by atoms with Gasteiger partial charge in [-0.1, -0.05) is 21.6 Å². The zero-order valence-corrected chi connectivity index (χ0v) is 9.26. The van der Waals surface area contributed by atoms with Gasteiger partial charge in [-0.3, -0.25) is 0 Å². The molecule has 0 saturated carbocycles. The Morgan fingerprint density at radius 3 is 1.33 bits per heavy atom. The summed E-state index contributed by atoms with van der Waals surface area (Å²) in [5.41, 5.74) is 0. The van der Waals surface area contributed by atoms with E-state index >= 15 is 0 Å². The molecule has 0 aromatic rings. The SMILES string of the molecule is OC(O)CSSSSCC(O)O. The van der Waals surface area contributed by atoms with Crippen LogP contribution < -0.4 is 0 Å². The molecule has 0 unspecified atom stereocenters. The van der Waals surface area contributed by atoms with Crippen LogP contribution in [0, 0.1) is 0 Å². The van der Waals surface area contributed by atoms with E-state index in [1.54, 1.807) is 0 Å². The molecule has 0 aliphatic heterocycles. The third-order valence-corrected chi connectivity index (χ3v) is 6.97. The molecule has 4 N–H and O–H groups in total. The van der Waals surface area contributed by atoms with Gasteiger partial charge in [-0.25, -0.2) is 0 Å². The van der Waals surface area contributed by atoms with Gasteiger partial charge >= 0.3 is 0 Å². The van der Waals surface area contributed by atoms with Gasteiger partial charge in [-0.15, -0.1) is 0 Å². The van der Waals surface area contributed by atoms with E-state index in [0.717, 1.165) is 0 Å². The minimum atomic E-state index is -1.28. The van der Waals surface area contributed by atoms with E-state index in [9.17, 15) is 0 Å². The summed E-state index contributed by atoms with van der Waals surface area (Å²) in [5, 5.41) is 33.7. The van der Waals surface area contributed by atoms with E-state index < -0.39 is 12.6 Å². The average molecular weight is 250 g/mol. The molecule has 4 nitrogen and oxygen atoms in total. The molecule has 0 atom stereocenters. The Hall–Kier alpha value is 1.24. The van der Waals surface area contributed by atoms with Gasteiger partial charge in [0.2, 0.25) is 0 Å². The second-order valence-electron chi connectivity index (χ2n) is 1.67. The van der Waals surface area contributed by atoms with Gasteiger partial charge in [0.15, 0.2) is 12.6 Å². The van der Waals surface area contributed by atoms with Crippen LogP contribution in [0.1, 0.15) is 0 Å². The molecule has 74 valence electrons. The smallest absolute Gasteiger partial charge is 0.161 e. The van der Waals surface area contributed by atoms with Crippen LogP contribution in [0.3, 0.4) is 0 Å². The third kappa shape index (κ3) is 11.2. The van der Waals surface area contributed by atoms with Crippen molar-refractivity contribution in [3.8, 4) is 0 Å². The van der Waals surface area contributed by atoms with E-state index in [4.69, 9.17) is 20.4 Å². The molecule has 12 heavy (non-hydrogen) atoms. The Balaban J connectivity index is 2.91. The standard InChI is InChI=1S/C4H10O4S4/c5-3(6)1-9-11-12-10-2-4(7)8/h3-8H,1-2H2. The molecule has 0 aliphatic rings. The van der Waals surface area contributed by atoms with Crippen LogP contribution in [0.25, 0.3) is 0 Å². The number of aliphatic hydroxyl groups excluding tert-OH is 2. The number of hydrogen-bond acceptors (Lipinski definition) is 8. The maximum Gasteiger partial charge on any atom is 0.161 e. The van der Waals surface area contributed by atoms with Crippen molar-refractivity contribution in [2.24, 2.45) is 0 Å². The summed E-state index contributed by atoms with van der Waals surface area (Å²) in [4.78, 5) is 0. The van der Waals surface area contributed by atoms with Crippen molar-refractivity contribution in [3.05, 3.63) is 0 Å². The molecule has 0 heterocycles. The predicted molar refractivity (Wildman–Crippen MR) is 56.5 cm³/mol. The quantitative estimate of drug-likeness (QED) is 0.292. The zero-order valence-electron chi connectivity index (χ0n) is 5.99. The molecule has 0 amide bonds. The highest BCUT2D eigenvalue weighted by atomic mass is 33.7. The Labute approximate surface area is 85.7 Å². The number of aliphatic hydroxyl groups is 4. The molecule has 0 aromatic heterocycles. The fraction of sp³-hybridized carbons (Fsp3) is 1.00. The van der Waals surface area contributed by atoms with E-state index in [2.05, 4.69) is 0 Å². The maximum atomic E-state index is 8.42. The minimum absolute atomic E-state index is 0.250. The normalized spacial score (nSPS) is 11.5. The highest BCUT2D eigenvalue weighted by Gasteiger charge is 2.00. The number of hydrogen-bond donors (Lipinski definition) is 4. The molecular weight excluding hydrogens is 240 g/mol. The predicted octanol–water partition coefficient (Wildman–Crippen LogP) is 0.286. The lowest BCUT2D eigenvalue weighted by Gasteiger charge is -2.02. The van der Waals surface area contributed by atoms with Crippen molar-refractivity contribution < 1.29 is 20.4 Å². The monoisotopic (exact) mass is 250 g/mol. The molecule has 8 heteroatoms. The molecule has 0 saturated heterocycles. The second kappa shape index (κ2) is 8.82. The van der Waals surface area contributed by atoms with Crippen molar-refractivity contribution >= 4 is 41.2 Å². The fourth-order valence-corrected chi connectivity index (χ4v) is 5.78. The van der Waals surface area contributed by atoms with Crippen LogP contribution >= 0.6 is 41.2 Å². The lowest BCUT2D eigenvalue weighted by molar-refractivity contribution is -0.0191.